The van der Waals surface area contributed by atoms with Crippen LogP contribution in [-0.2, 0) is 6.42 Å². The van der Waals surface area contributed by atoms with Crippen molar-refractivity contribution in [3.05, 3.63) is 205 Å². The molecular formula is C48H34O. The number of benzene rings is 8. The zero-order chi connectivity index (χ0) is 32.6. The second-order valence-corrected chi connectivity index (χ2v) is 12.8. The highest BCUT2D eigenvalue weighted by molar-refractivity contribution is 6.22. The van der Waals surface area contributed by atoms with Crippen LogP contribution in [0.1, 0.15) is 22.6 Å². The lowest BCUT2D eigenvalue weighted by atomic mass is 9.82. The molecule has 8 aromatic carbocycles. The van der Waals surface area contributed by atoms with Crippen molar-refractivity contribution in [3.8, 4) is 33.4 Å². The van der Waals surface area contributed by atoms with Gasteiger partial charge in [0.25, 0.3) is 0 Å². The van der Waals surface area contributed by atoms with Crippen LogP contribution >= 0.6 is 0 Å². The van der Waals surface area contributed by atoms with Crippen LogP contribution < -0.4 is 0 Å². The largest absolute Gasteiger partial charge is 0.456 e. The molecule has 1 heterocycles. The number of hydrogen-bond donors (Lipinski definition) is 0. The fraction of sp³-hybridized carbons (Fsp3) is 0.0417. The summed E-state index contributed by atoms with van der Waals surface area (Å²) in [5.41, 5.74) is 13.1. The molecule has 0 aliphatic heterocycles. The summed E-state index contributed by atoms with van der Waals surface area (Å²) in [6.07, 6.45) is 0.910. The van der Waals surface area contributed by atoms with Gasteiger partial charge in [-0.05, 0) is 85.5 Å². The highest BCUT2D eigenvalue weighted by Gasteiger charge is 2.20. The Morgan fingerprint density at radius 3 is 1.71 bits per heavy atom. The van der Waals surface area contributed by atoms with Gasteiger partial charge in [0.1, 0.15) is 11.2 Å². The molecule has 1 heteroatoms. The fourth-order valence-electron chi connectivity index (χ4n) is 7.52. The predicted octanol–water partition coefficient (Wildman–Crippen LogP) is 13.1. The molecule has 9 rings (SSSR count). The first-order valence-electron chi connectivity index (χ1n) is 17.0. The topological polar surface area (TPSA) is 13.1 Å². The molecule has 1 atom stereocenters. The molecule has 0 radical (unpaired) electrons. The molecular weight excluding hydrogens is 593 g/mol. The standard InChI is InChI=1S/C48H34O/c1-4-14-35(15-5-1)39-20-10-11-21-40(39)44(36-16-6-2-7-17-36)30-33-24-26-34(27-25-33)38-28-29-43-46(31-38)49-47-32-45(37-18-8-3-9-19-37)41-22-12-13-23-42(41)48(43)47/h1-29,31-32,44H,30H2. The zero-order valence-electron chi connectivity index (χ0n) is 27.1. The molecule has 1 aromatic heterocycles. The minimum absolute atomic E-state index is 0.228. The first-order valence-corrected chi connectivity index (χ1v) is 17.0. The van der Waals surface area contributed by atoms with E-state index in [1.165, 1.54) is 60.7 Å². The van der Waals surface area contributed by atoms with Crippen molar-refractivity contribution in [1.82, 2.24) is 0 Å². The maximum Gasteiger partial charge on any atom is 0.136 e. The summed E-state index contributed by atoms with van der Waals surface area (Å²) in [5.74, 6) is 0.228. The molecule has 0 amide bonds. The maximum atomic E-state index is 6.61. The lowest BCUT2D eigenvalue weighted by molar-refractivity contribution is 0.669. The molecule has 0 saturated heterocycles. The highest BCUT2D eigenvalue weighted by atomic mass is 16.3. The van der Waals surface area contributed by atoms with Gasteiger partial charge in [-0.25, -0.2) is 0 Å². The van der Waals surface area contributed by atoms with E-state index in [-0.39, 0.29) is 5.92 Å². The summed E-state index contributed by atoms with van der Waals surface area (Å²) < 4.78 is 6.61. The van der Waals surface area contributed by atoms with E-state index in [9.17, 15) is 0 Å². The van der Waals surface area contributed by atoms with Crippen LogP contribution in [0.15, 0.2) is 192 Å². The fourth-order valence-corrected chi connectivity index (χ4v) is 7.52. The zero-order valence-corrected chi connectivity index (χ0v) is 27.1. The van der Waals surface area contributed by atoms with Crippen molar-refractivity contribution in [2.45, 2.75) is 12.3 Å². The molecule has 0 N–H and O–H groups in total. The predicted molar refractivity (Wildman–Crippen MR) is 206 cm³/mol. The van der Waals surface area contributed by atoms with E-state index in [1.807, 2.05) is 0 Å². The molecule has 0 aliphatic carbocycles. The summed E-state index contributed by atoms with van der Waals surface area (Å²) in [5, 5.41) is 4.78. The second kappa shape index (κ2) is 12.4. The van der Waals surface area contributed by atoms with Gasteiger partial charge < -0.3 is 4.42 Å². The number of fused-ring (bicyclic) bond motifs is 5. The number of rotatable bonds is 7. The second-order valence-electron chi connectivity index (χ2n) is 12.8. The molecule has 49 heavy (non-hydrogen) atoms. The molecule has 1 nitrogen and oxygen atoms in total. The number of hydrogen-bond acceptors (Lipinski definition) is 1. The van der Waals surface area contributed by atoms with E-state index in [0.29, 0.717) is 0 Å². The van der Waals surface area contributed by atoms with Crippen LogP contribution in [0.25, 0.3) is 66.1 Å². The normalized spacial score (nSPS) is 12.1. The monoisotopic (exact) mass is 626 g/mol. The third kappa shape index (κ3) is 5.40. The Morgan fingerprint density at radius 2 is 0.980 bits per heavy atom. The number of furan rings is 1. The van der Waals surface area contributed by atoms with Gasteiger partial charge in [0.05, 0.1) is 0 Å². The van der Waals surface area contributed by atoms with Gasteiger partial charge in [-0.2, -0.15) is 0 Å². The molecule has 232 valence electrons. The molecule has 9 aromatic rings. The van der Waals surface area contributed by atoms with Crippen molar-refractivity contribution < 1.29 is 4.42 Å². The van der Waals surface area contributed by atoms with Gasteiger partial charge in [-0.3, -0.25) is 0 Å². The van der Waals surface area contributed by atoms with Crippen molar-refractivity contribution in [3.63, 3.8) is 0 Å². The molecule has 1 unspecified atom stereocenters. The Hall–Kier alpha value is -6.18. The smallest absolute Gasteiger partial charge is 0.136 e. The van der Waals surface area contributed by atoms with E-state index >= 15 is 0 Å². The van der Waals surface area contributed by atoms with E-state index in [0.717, 1.165) is 28.5 Å². The Kier molecular flexibility index (Phi) is 7.37. The third-order valence-electron chi connectivity index (χ3n) is 9.91. The quantitative estimate of drug-likeness (QED) is 0.172. The molecule has 0 bridgehead atoms. The Bertz CT molecular complexity index is 2540. The molecule has 0 fully saturated rings. The summed E-state index contributed by atoms with van der Waals surface area (Å²) in [6.45, 7) is 0. The van der Waals surface area contributed by atoms with Crippen LogP contribution in [0.4, 0.5) is 0 Å². The molecule has 0 saturated carbocycles. The minimum Gasteiger partial charge on any atom is -0.456 e. The van der Waals surface area contributed by atoms with Crippen molar-refractivity contribution in [2.75, 3.05) is 0 Å². The SMILES string of the molecule is c1ccc(-c2ccccc2C(Cc2ccc(-c3ccc4c(c3)oc3cc(-c5ccccc5)c5ccccc5c34)cc2)c2ccccc2)cc1. The average molecular weight is 627 g/mol. The van der Waals surface area contributed by atoms with Crippen molar-refractivity contribution in [1.29, 1.82) is 0 Å². The van der Waals surface area contributed by atoms with Gasteiger partial charge in [0, 0.05) is 16.7 Å². The van der Waals surface area contributed by atoms with E-state index < -0.39 is 0 Å². The first kappa shape index (κ1) is 29.0. The summed E-state index contributed by atoms with van der Waals surface area (Å²) in [4.78, 5) is 0. The van der Waals surface area contributed by atoms with E-state index in [2.05, 4.69) is 188 Å². The summed E-state index contributed by atoms with van der Waals surface area (Å²) in [7, 11) is 0. The van der Waals surface area contributed by atoms with Crippen LogP contribution in [0.2, 0.25) is 0 Å². The van der Waals surface area contributed by atoms with Crippen molar-refractivity contribution in [2.24, 2.45) is 0 Å². The van der Waals surface area contributed by atoms with Crippen LogP contribution in [0.3, 0.4) is 0 Å². The summed E-state index contributed by atoms with van der Waals surface area (Å²) in [6, 6.07) is 67.7. The Morgan fingerprint density at radius 1 is 0.388 bits per heavy atom. The molecule has 0 spiro atoms. The van der Waals surface area contributed by atoms with Crippen molar-refractivity contribution >= 4 is 32.7 Å². The van der Waals surface area contributed by atoms with Gasteiger partial charge in [-0.1, -0.05) is 170 Å². The van der Waals surface area contributed by atoms with Gasteiger partial charge >= 0.3 is 0 Å². The van der Waals surface area contributed by atoms with Crippen LogP contribution in [0, 0.1) is 0 Å². The first-order chi connectivity index (χ1) is 24.3. The Balaban J connectivity index is 1.07. The maximum absolute atomic E-state index is 6.61. The van der Waals surface area contributed by atoms with Gasteiger partial charge in [0.2, 0.25) is 0 Å². The summed E-state index contributed by atoms with van der Waals surface area (Å²) >= 11 is 0. The lowest BCUT2D eigenvalue weighted by Crippen LogP contribution is -2.07. The van der Waals surface area contributed by atoms with E-state index in [1.54, 1.807) is 0 Å². The average Bonchev–Trinajstić information content (AvgIpc) is 3.56. The Labute approximate surface area is 286 Å². The van der Waals surface area contributed by atoms with Gasteiger partial charge in [-0.15, -0.1) is 0 Å². The van der Waals surface area contributed by atoms with E-state index in [4.69, 9.17) is 4.42 Å². The van der Waals surface area contributed by atoms with Gasteiger partial charge in [0.15, 0.2) is 0 Å². The minimum atomic E-state index is 0.228. The van der Waals surface area contributed by atoms with Crippen LogP contribution in [0.5, 0.6) is 0 Å². The highest BCUT2D eigenvalue weighted by Crippen LogP contribution is 2.41. The lowest BCUT2D eigenvalue weighted by Gasteiger charge is -2.22. The molecule has 0 aliphatic rings. The van der Waals surface area contributed by atoms with Crippen LogP contribution in [-0.4, -0.2) is 0 Å². The third-order valence-corrected chi connectivity index (χ3v) is 9.91.